The third kappa shape index (κ3) is 5.43. The van der Waals surface area contributed by atoms with Crippen molar-refractivity contribution >= 4 is 34.8 Å². The van der Waals surface area contributed by atoms with Gasteiger partial charge < -0.3 is 19.2 Å². The van der Waals surface area contributed by atoms with Crippen LogP contribution in [0.1, 0.15) is 5.56 Å². The summed E-state index contributed by atoms with van der Waals surface area (Å²) < 4.78 is 18.4. The second-order valence-corrected chi connectivity index (χ2v) is 9.21. The fraction of sp³-hybridized carbons (Fsp3) is 0.143. The molecule has 2 aromatic heterocycles. The first-order valence-corrected chi connectivity index (χ1v) is 12.9. The first-order valence-electron chi connectivity index (χ1n) is 11.9. The Morgan fingerprint density at radius 1 is 1.00 bits per heavy atom. The summed E-state index contributed by atoms with van der Waals surface area (Å²) in [5.41, 5.74) is 6.03. The van der Waals surface area contributed by atoms with Gasteiger partial charge >= 0.3 is 0 Å². The topological polar surface area (TPSA) is 116 Å². The molecule has 10 nitrogen and oxygen atoms in total. The van der Waals surface area contributed by atoms with E-state index in [1.807, 2.05) is 77.5 Å². The number of benzene rings is 3. The lowest BCUT2D eigenvalue weighted by Gasteiger charge is -2.15. The molecule has 11 heteroatoms. The summed E-state index contributed by atoms with van der Waals surface area (Å²) in [6.07, 6.45) is 3.47. The lowest BCUT2D eigenvalue weighted by Crippen LogP contribution is -2.20. The molecule has 0 atom stereocenters. The van der Waals surface area contributed by atoms with E-state index in [-0.39, 0.29) is 11.7 Å². The summed E-state index contributed by atoms with van der Waals surface area (Å²) in [4.78, 5) is 15.8. The molecule has 198 valence electrons. The van der Waals surface area contributed by atoms with E-state index in [0.717, 1.165) is 22.2 Å². The number of carbonyl (C=O) groups excluding carboxylic acids is 1. The number of amides is 1. The van der Waals surface area contributed by atoms with Crippen LogP contribution in [0.5, 0.6) is 17.2 Å². The number of nitrogens with zero attached hydrogens (tertiary/aromatic N) is 4. The van der Waals surface area contributed by atoms with E-state index in [1.54, 1.807) is 27.5 Å². The van der Waals surface area contributed by atoms with E-state index in [2.05, 4.69) is 25.7 Å². The van der Waals surface area contributed by atoms with Crippen molar-refractivity contribution < 1.29 is 19.0 Å². The maximum Gasteiger partial charge on any atom is 0.250 e. The summed E-state index contributed by atoms with van der Waals surface area (Å²) in [6, 6.07) is 21.2. The zero-order valence-electron chi connectivity index (χ0n) is 21.5. The van der Waals surface area contributed by atoms with Crippen molar-refractivity contribution in [3.05, 3.63) is 78.5 Å². The summed E-state index contributed by atoms with van der Waals surface area (Å²) >= 11 is 1.25. The fourth-order valence-corrected chi connectivity index (χ4v) is 4.85. The van der Waals surface area contributed by atoms with Crippen LogP contribution in [0.15, 0.2) is 83.2 Å². The van der Waals surface area contributed by atoms with Crippen molar-refractivity contribution in [2.45, 2.75) is 5.16 Å². The van der Waals surface area contributed by atoms with Gasteiger partial charge in [-0.3, -0.25) is 9.36 Å². The molecule has 0 spiro atoms. The van der Waals surface area contributed by atoms with Crippen LogP contribution in [0.3, 0.4) is 0 Å². The molecule has 2 heterocycles. The van der Waals surface area contributed by atoms with Crippen LogP contribution < -0.4 is 19.6 Å². The van der Waals surface area contributed by atoms with Crippen LogP contribution in [-0.2, 0) is 4.79 Å². The van der Waals surface area contributed by atoms with Crippen LogP contribution >= 0.6 is 11.8 Å². The number of methoxy groups -OCH3 is 3. The molecule has 0 radical (unpaired) electrons. The molecule has 0 unspecified atom stereocenters. The van der Waals surface area contributed by atoms with Crippen molar-refractivity contribution in [1.29, 1.82) is 0 Å². The maximum atomic E-state index is 12.6. The first-order chi connectivity index (χ1) is 19.1. The molecular formula is C28H26N6O4S. The van der Waals surface area contributed by atoms with E-state index < -0.39 is 0 Å². The Labute approximate surface area is 229 Å². The number of hydrazone groups is 1. The second kappa shape index (κ2) is 11.7. The Morgan fingerprint density at radius 3 is 2.44 bits per heavy atom. The van der Waals surface area contributed by atoms with Crippen LogP contribution in [0.2, 0.25) is 0 Å². The second-order valence-electron chi connectivity index (χ2n) is 8.26. The summed E-state index contributed by atoms with van der Waals surface area (Å²) in [6.45, 7) is 0. The van der Waals surface area contributed by atoms with Crippen LogP contribution in [0, 0.1) is 0 Å². The normalized spacial score (nSPS) is 11.2. The lowest BCUT2D eigenvalue weighted by molar-refractivity contribution is -0.118. The Bertz CT molecular complexity index is 1600. The minimum absolute atomic E-state index is 0.0887. The van der Waals surface area contributed by atoms with Gasteiger partial charge in [-0.15, -0.1) is 10.2 Å². The highest BCUT2D eigenvalue weighted by Gasteiger charge is 2.21. The lowest BCUT2D eigenvalue weighted by atomic mass is 10.1. The van der Waals surface area contributed by atoms with Gasteiger partial charge in [0.2, 0.25) is 5.75 Å². The quantitative estimate of drug-likeness (QED) is 0.150. The average molecular weight is 543 g/mol. The van der Waals surface area contributed by atoms with Crippen LogP contribution in [0.25, 0.3) is 28.0 Å². The van der Waals surface area contributed by atoms with Gasteiger partial charge in [-0.2, -0.15) is 5.10 Å². The van der Waals surface area contributed by atoms with Crippen LogP contribution in [-0.4, -0.2) is 59.0 Å². The van der Waals surface area contributed by atoms with E-state index in [4.69, 9.17) is 14.2 Å². The molecule has 5 aromatic rings. The van der Waals surface area contributed by atoms with Crippen molar-refractivity contribution in [3.63, 3.8) is 0 Å². The van der Waals surface area contributed by atoms with E-state index in [1.165, 1.54) is 11.8 Å². The summed E-state index contributed by atoms with van der Waals surface area (Å²) in [5, 5.41) is 14.5. The Morgan fingerprint density at radius 2 is 1.72 bits per heavy atom. The van der Waals surface area contributed by atoms with Crippen LogP contribution in [0.4, 0.5) is 0 Å². The number of para-hydroxylation sites is 2. The highest BCUT2D eigenvalue weighted by molar-refractivity contribution is 7.99. The Hall–Kier alpha value is -4.77. The zero-order valence-corrected chi connectivity index (χ0v) is 22.4. The van der Waals surface area contributed by atoms with Gasteiger partial charge in [0, 0.05) is 33.9 Å². The maximum absolute atomic E-state index is 12.6. The molecule has 0 saturated carbocycles. The number of rotatable bonds is 10. The van der Waals surface area contributed by atoms with E-state index >= 15 is 0 Å². The van der Waals surface area contributed by atoms with Gasteiger partial charge in [-0.1, -0.05) is 48.2 Å². The number of aromatic amines is 1. The minimum atomic E-state index is -0.270. The van der Waals surface area contributed by atoms with Gasteiger partial charge in [0.1, 0.15) is 0 Å². The van der Waals surface area contributed by atoms with Crippen molar-refractivity contribution in [2.75, 3.05) is 27.1 Å². The predicted molar refractivity (Wildman–Crippen MR) is 151 cm³/mol. The number of fused-ring (bicyclic) bond motifs is 1. The molecule has 5 rings (SSSR count). The van der Waals surface area contributed by atoms with E-state index in [0.29, 0.717) is 33.8 Å². The highest BCUT2D eigenvalue weighted by Crippen LogP contribution is 2.41. The average Bonchev–Trinajstić information content (AvgIpc) is 3.60. The molecule has 0 aliphatic carbocycles. The van der Waals surface area contributed by atoms with Gasteiger partial charge in [0.05, 0.1) is 33.3 Å². The van der Waals surface area contributed by atoms with Gasteiger partial charge in [-0.05, 0) is 30.3 Å². The first kappa shape index (κ1) is 25.9. The van der Waals surface area contributed by atoms with Gasteiger partial charge in [0.25, 0.3) is 5.91 Å². The predicted octanol–water partition coefficient (Wildman–Crippen LogP) is 4.68. The highest BCUT2D eigenvalue weighted by atomic mass is 32.2. The monoisotopic (exact) mass is 542 g/mol. The molecule has 0 saturated heterocycles. The van der Waals surface area contributed by atoms with Crippen molar-refractivity contribution in [3.8, 4) is 34.3 Å². The van der Waals surface area contributed by atoms with Crippen molar-refractivity contribution in [1.82, 2.24) is 25.2 Å². The smallest absolute Gasteiger partial charge is 0.250 e. The number of nitrogens with one attached hydrogen (secondary N) is 2. The SMILES string of the molecule is COc1cc(-c2nnc(SCC(=O)N/N=C/c3c[nH]c4ccccc34)n2-c2ccccc2)cc(OC)c1OC. The molecule has 0 fully saturated rings. The Kier molecular flexibility index (Phi) is 7.78. The number of hydrogen-bond donors (Lipinski definition) is 2. The van der Waals surface area contributed by atoms with Gasteiger partial charge in [-0.25, -0.2) is 5.43 Å². The molecule has 1 amide bonds. The standard InChI is InChI=1S/C28H26N6O4S/c1-36-23-13-18(14-24(37-2)26(23)38-3)27-32-33-28(34(27)20-9-5-4-6-10-20)39-17-25(35)31-30-16-19-15-29-22-12-8-7-11-21(19)22/h4-16,29H,17H2,1-3H3,(H,31,35)/b30-16+. The third-order valence-electron chi connectivity index (χ3n) is 5.92. The largest absolute Gasteiger partial charge is 0.493 e. The zero-order chi connectivity index (χ0) is 27.2. The number of H-pyrrole nitrogens is 1. The third-order valence-corrected chi connectivity index (χ3v) is 6.85. The van der Waals surface area contributed by atoms with Crippen molar-refractivity contribution in [2.24, 2.45) is 5.10 Å². The summed E-state index contributed by atoms with van der Waals surface area (Å²) in [7, 11) is 4.67. The Balaban J connectivity index is 1.38. The number of hydrogen-bond acceptors (Lipinski definition) is 8. The number of aromatic nitrogens is 4. The number of ether oxygens (including phenoxy) is 3. The fourth-order valence-electron chi connectivity index (χ4n) is 4.11. The minimum Gasteiger partial charge on any atom is -0.493 e. The number of carbonyl (C=O) groups is 1. The molecule has 3 aromatic carbocycles. The number of thioether (sulfide) groups is 1. The molecule has 2 N–H and O–H groups in total. The molecule has 0 bridgehead atoms. The molecule has 39 heavy (non-hydrogen) atoms. The summed E-state index contributed by atoms with van der Waals surface area (Å²) in [5.74, 6) is 1.85. The van der Waals surface area contributed by atoms with Gasteiger partial charge in [0.15, 0.2) is 22.5 Å². The van der Waals surface area contributed by atoms with E-state index in [9.17, 15) is 4.79 Å². The molecule has 0 aliphatic rings. The molecule has 0 aliphatic heterocycles. The molecular weight excluding hydrogens is 516 g/mol.